The van der Waals surface area contributed by atoms with E-state index in [1.54, 1.807) is 6.07 Å². The molecule has 0 saturated carbocycles. The predicted octanol–water partition coefficient (Wildman–Crippen LogP) is 0.898. The number of methoxy groups -OCH3 is 1. The lowest BCUT2D eigenvalue weighted by molar-refractivity contribution is 0.260. The molecule has 0 aliphatic heterocycles. The predicted molar refractivity (Wildman–Crippen MR) is 78.1 cm³/mol. The molecule has 112 valence electrons. The second-order valence-corrected chi connectivity index (χ2v) is 4.77. The molecule has 0 spiro atoms. The van der Waals surface area contributed by atoms with Gasteiger partial charge < -0.3 is 26.1 Å². The highest BCUT2D eigenvalue weighted by Crippen LogP contribution is 2.19. The number of hydrogen-bond acceptors (Lipinski definition) is 5. The van der Waals surface area contributed by atoms with Gasteiger partial charge in [-0.05, 0) is 36.6 Å². The van der Waals surface area contributed by atoms with Gasteiger partial charge in [0.1, 0.15) is 5.75 Å². The molecule has 0 fully saturated rings. The monoisotopic (exact) mass is 281 g/mol. The van der Waals surface area contributed by atoms with Crippen LogP contribution in [0.5, 0.6) is 5.75 Å². The Kier molecular flexibility index (Phi) is 6.83. The Morgan fingerprint density at radius 2 is 2.25 bits per heavy atom. The van der Waals surface area contributed by atoms with Crippen molar-refractivity contribution in [1.29, 1.82) is 0 Å². The molecule has 5 N–H and O–H groups in total. The van der Waals surface area contributed by atoms with Crippen LogP contribution < -0.4 is 15.8 Å². The van der Waals surface area contributed by atoms with Crippen LogP contribution >= 0.6 is 0 Å². The van der Waals surface area contributed by atoms with Crippen LogP contribution in [-0.4, -0.2) is 36.4 Å². The maximum absolute atomic E-state index is 8.84. The number of aliphatic hydroxyl groups excluding tert-OH is 1. The minimum atomic E-state index is 0.0253. The van der Waals surface area contributed by atoms with Crippen molar-refractivity contribution in [2.75, 3.05) is 20.3 Å². The van der Waals surface area contributed by atoms with E-state index < -0.39 is 0 Å². The molecule has 1 unspecified atom stereocenters. The molecule has 0 saturated heterocycles. The summed E-state index contributed by atoms with van der Waals surface area (Å²) in [5, 5.41) is 23.9. The summed E-state index contributed by atoms with van der Waals surface area (Å²) >= 11 is 0. The van der Waals surface area contributed by atoms with E-state index in [2.05, 4.69) is 17.4 Å². The molecule has 0 heterocycles. The van der Waals surface area contributed by atoms with Gasteiger partial charge in [-0.15, -0.1) is 0 Å². The zero-order chi connectivity index (χ0) is 15.0. The SMILES string of the molecule is COc1ccc(CNCC(C)CCO)cc1C(N)=NO. The Morgan fingerprint density at radius 3 is 2.85 bits per heavy atom. The summed E-state index contributed by atoms with van der Waals surface area (Å²) < 4.78 is 5.18. The molecular weight excluding hydrogens is 258 g/mol. The first-order chi connectivity index (χ1) is 9.62. The third-order valence-electron chi connectivity index (χ3n) is 3.09. The molecule has 1 rings (SSSR count). The number of oxime groups is 1. The number of rotatable bonds is 8. The van der Waals surface area contributed by atoms with E-state index in [0.717, 1.165) is 18.5 Å². The van der Waals surface area contributed by atoms with Crippen molar-refractivity contribution in [2.45, 2.75) is 19.9 Å². The van der Waals surface area contributed by atoms with Gasteiger partial charge in [0.15, 0.2) is 5.84 Å². The largest absolute Gasteiger partial charge is 0.496 e. The highest BCUT2D eigenvalue weighted by Gasteiger charge is 2.09. The van der Waals surface area contributed by atoms with Crippen molar-refractivity contribution in [3.8, 4) is 5.75 Å². The summed E-state index contributed by atoms with van der Waals surface area (Å²) in [5.74, 6) is 1.01. The summed E-state index contributed by atoms with van der Waals surface area (Å²) in [7, 11) is 1.54. The van der Waals surface area contributed by atoms with Gasteiger partial charge in [0.05, 0.1) is 12.7 Å². The van der Waals surface area contributed by atoms with Gasteiger partial charge in [-0.3, -0.25) is 0 Å². The molecule has 1 aromatic rings. The second-order valence-electron chi connectivity index (χ2n) is 4.77. The van der Waals surface area contributed by atoms with Crippen LogP contribution in [0.1, 0.15) is 24.5 Å². The highest BCUT2D eigenvalue weighted by molar-refractivity contribution is 5.99. The first kappa shape index (κ1) is 16.3. The first-order valence-electron chi connectivity index (χ1n) is 6.58. The van der Waals surface area contributed by atoms with Crippen LogP contribution in [0.2, 0.25) is 0 Å². The van der Waals surface area contributed by atoms with Gasteiger partial charge in [0.2, 0.25) is 0 Å². The maximum Gasteiger partial charge on any atom is 0.173 e. The number of amidine groups is 1. The van der Waals surface area contributed by atoms with Crippen LogP contribution in [-0.2, 0) is 6.54 Å². The van der Waals surface area contributed by atoms with E-state index >= 15 is 0 Å². The average molecular weight is 281 g/mol. The molecule has 1 atom stereocenters. The normalized spacial score (nSPS) is 13.2. The van der Waals surface area contributed by atoms with Crippen molar-refractivity contribution in [3.05, 3.63) is 29.3 Å². The van der Waals surface area contributed by atoms with Crippen LogP contribution in [0, 0.1) is 5.92 Å². The molecule has 0 aliphatic rings. The Balaban J connectivity index is 2.68. The van der Waals surface area contributed by atoms with Gasteiger partial charge in [-0.1, -0.05) is 18.1 Å². The molecule has 6 heteroatoms. The summed E-state index contributed by atoms with van der Waals surface area (Å²) in [6, 6.07) is 5.55. The van der Waals surface area contributed by atoms with Crippen molar-refractivity contribution >= 4 is 5.84 Å². The Labute approximate surface area is 119 Å². The Hall–Kier alpha value is -1.79. The van der Waals surface area contributed by atoms with Crippen LogP contribution in [0.15, 0.2) is 23.4 Å². The Morgan fingerprint density at radius 1 is 1.50 bits per heavy atom. The molecule has 6 nitrogen and oxygen atoms in total. The van der Waals surface area contributed by atoms with E-state index in [1.807, 2.05) is 12.1 Å². The number of ether oxygens (including phenoxy) is 1. The van der Waals surface area contributed by atoms with E-state index in [9.17, 15) is 0 Å². The Bertz CT molecular complexity index is 449. The van der Waals surface area contributed by atoms with Crippen LogP contribution in [0.4, 0.5) is 0 Å². The number of benzene rings is 1. The fourth-order valence-electron chi connectivity index (χ4n) is 1.90. The lowest BCUT2D eigenvalue weighted by Crippen LogP contribution is -2.22. The number of nitrogens with two attached hydrogens (primary N) is 1. The smallest absolute Gasteiger partial charge is 0.173 e. The maximum atomic E-state index is 8.84. The topological polar surface area (TPSA) is 100 Å². The molecule has 20 heavy (non-hydrogen) atoms. The molecular formula is C14H23N3O3. The van der Waals surface area contributed by atoms with Crippen molar-refractivity contribution in [1.82, 2.24) is 5.32 Å². The summed E-state index contributed by atoms with van der Waals surface area (Å²) in [4.78, 5) is 0. The standard InChI is InChI=1S/C14H23N3O3/c1-10(5-6-18)8-16-9-11-3-4-13(20-2)12(7-11)14(15)17-19/h3-4,7,10,16,18-19H,5-6,8-9H2,1-2H3,(H2,15,17). The minimum Gasteiger partial charge on any atom is -0.496 e. The zero-order valence-electron chi connectivity index (χ0n) is 12.0. The zero-order valence-corrected chi connectivity index (χ0v) is 12.0. The van der Waals surface area contributed by atoms with Crippen molar-refractivity contribution < 1.29 is 15.1 Å². The van der Waals surface area contributed by atoms with Gasteiger partial charge in [0.25, 0.3) is 0 Å². The fourth-order valence-corrected chi connectivity index (χ4v) is 1.90. The average Bonchev–Trinajstić information content (AvgIpc) is 2.46. The van der Waals surface area contributed by atoms with E-state index in [1.165, 1.54) is 7.11 Å². The van der Waals surface area contributed by atoms with Gasteiger partial charge in [0, 0.05) is 13.2 Å². The fraction of sp³-hybridized carbons (Fsp3) is 0.500. The highest BCUT2D eigenvalue weighted by atomic mass is 16.5. The minimum absolute atomic E-state index is 0.0253. The number of hydrogen-bond donors (Lipinski definition) is 4. The van der Waals surface area contributed by atoms with Gasteiger partial charge >= 0.3 is 0 Å². The second kappa shape index (κ2) is 8.39. The van der Waals surface area contributed by atoms with E-state index in [-0.39, 0.29) is 12.4 Å². The third-order valence-corrected chi connectivity index (χ3v) is 3.09. The lowest BCUT2D eigenvalue weighted by Gasteiger charge is -2.13. The number of nitrogens with zero attached hydrogens (tertiary/aromatic N) is 1. The molecule has 1 aromatic carbocycles. The molecule has 0 aromatic heterocycles. The van der Waals surface area contributed by atoms with Crippen molar-refractivity contribution in [2.24, 2.45) is 16.8 Å². The van der Waals surface area contributed by atoms with Gasteiger partial charge in [-0.25, -0.2) is 0 Å². The third kappa shape index (κ3) is 4.71. The van der Waals surface area contributed by atoms with E-state index in [0.29, 0.717) is 23.8 Å². The summed E-state index contributed by atoms with van der Waals surface area (Å²) in [5.41, 5.74) is 7.21. The van der Waals surface area contributed by atoms with E-state index in [4.69, 9.17) is 20.8 Å². The van der Waals surface area contributed by atoms with Gasteiger partial charge in [-0.2, -0.15) is 0 Å². The number of nitrogens with one attached hydrogen (secondary N) is 1. The summed E-state index contributed by atoms with van der Waals surface area (Å²) in [6.45, 7) is 3.79. The lowest BCUT2D eigenvalue weighted by atomic mass is 10.1. The number of aliphatic hydroxyl groups is 1. The quantitative estimate of drug-likeness (QED) is 0.245. The van der Waals surface area contributed by atoms with Crippen molar-refractivity contribution in [3.63, 3.8) is 0 Å². The summed E-state index contributed by atoms with van der Waals surface area (Å²) in [6.07, 6.45) is 0.783. The molecule has 0 radical (unpaired) electrons. The molecule has 0 aliphatic carbocycles. The first-order valence-corrected chi connectivity index (χ1v) is 6.58. The van der Waals surface area contributed by atoms with Crippen LogP contribution in [0.3, 0.4) is 0 Å². The molecule has 0 bridgehead atoms. The molecule has 0 amide bonds. The van der Waals surface area contributed by atoms with Crippen LogP contribution in [0.25, 0.3) is 0 Å².